The van der Waals surface area contributed by atoms with Crippen LogP contribution in [-0.4, -0.2) is 54.3 Å². The van der Waals surface area contributed by atoms with Crippen molar-refractivity contribution in [1.82, 2.24) is 19.4 Å². The molecule has 0 aliphatic rings. The first-order valence-electron chi connectivity index (χ1n) is 9.30. The molecular formula is C19H21ClF4N4O4S. The molecule has 0 bridgehead atoms. The van der Waals surface area contributed by atoms with E-state index in [4.69, 9.17) is 16.7 Å². The average Bonchev–Trinajstić information content (AvgIpc) is 2.97. The lowest BCUT2D eigenvalue weighted by atomic mass is 10.0. The number of halogens is 5. The molecule has 0 unspecified atom stereocenters. The Hall–Kier alpha value is -2.64. The molecule has 0 aliphatic heterocycles. The number of benzene rings is 1. The van der Waals surface area contributed by atoms with E-state index in [-0.39, 0.29) is 34.1 Å². The first kappa shape index (κ1) is 26.6. The summed E-state index contributed by atoms with van der Waals surface area (Å²) in [5.74, 6) is -0.879. The van der Waals surface area contributed by atoms with Gasteiger partial charge >= 0.3 is 12.3 Å². The number of hydrogen-bond acceptors (Lipinski definition) is 4. The lowest BCUT2D eigenvalue weighted by molar-refractivity contribution is -0.142. The summed E-state index contributed by atoms with van der Waals surface area (Å²) in [5, 5.41) is 13.7. The van der Waals surface area contributed by atoms with E-state index in [1.807, 2.05) is 5.32 Å². The van der Waals surface area contributed by atoms with Crippen LogP contribution < -0.4 is 5.32 Å². The van der Waals surface area contributed by atoms with E-state index in [0.717, 1.165) is 15.1 Å². The number of rotatable bonds is 8. The van der Waals surface area contributed by atoms with Crippen LogP contribution in [-0.2, 0) is 29.2 Å². The normalized spacial score (nSPS) is 12.9. The second-order valence-electron chi connectivity index (χ2n) is 7.13. The quantitative estimate of drug-likeness (QED) is 0.523. The van der Waals surface area contributed by atoms with Gasteiger partial charge in [-0.2, -0.15) is 18.3 Å². The molecule has 0 aliphatic carbocycles. The van der Waals surface area contributed by atoms with Gasteiger partial charge in [-0.3, -0.25) is 4.68 Å². The Kier molecular flexibility index (Phi) is 8.14. The number of nitrogens with one attached hydrogen (secondary N) is 1. The van der Waals surface area contributed by atoms with E-state index in [9.17, 15) is 30.8 Å². The molecule has 0 atom stereocenters. The number of carboxylic acid groups (broad SMARTS) is 1. The van der Waals surface area contributed by atoms with Crippen molar-refractivity contribution in [1.29, 1.82) is 0 Å². The van der Waals surface area contributed by atoms with Gasteiger partial charge in [-0.25, -0.2) is 21.9 Å². The second-order valence-corrected chi connectivity index (χ2v) is 9.66. The summed E-state index contributed by atoms with van der Waals surface area (Å²) in [6.07, 6.45) is -5.60. The van der Waals surface area contributed by atoms with Crippen LogP contribution in [0.3, 0.4) is 0 Å². The van der Waals surface area contributed by atoms with Crippen molar-refractivity contribution < 1.29 is 35.9 Å². The minimum atomic E-state index is -4.83. The molecule has 1 aromatic carbocycles. The number of carbonyl (C=O) groups is 1. The van der Waals surface area contributed by atoms with Crippen LogP contribution >= 0.6 is 11.6 Å². The van der Waals surface area contributed by atoms with Gasteiger partial charge in [0.15, 0.2) is 5.69 Å². The largest absolute Gasteiger partial charge is 0.465 e. The highest BCUT2D eigenvalue weighted by molar-refractivity contribution is 7.89. The van der Waals surface area contributed by atoms with E-state index < -0.39 is 40.4 Å². The van der Waals surface area contributed by atoms with Gasteiger partial charge in [-0.1, -0.05) is 17.7 Å². The van der Waals surface area contributed by atoms with Gasteiger partial charge in [0.1, 0.15) is 10.7 Å². The number of hydrogen-bond donors (Lipinski definition) is 2. The molecule has 0 spiro atoms. The maximum absolute atomic E-state index is 14.1. The highest BCUT2D eigenvalue weighted by atomic mass is 35.5. The molecular weight excluding hydrogens is 492 g/mol. The van der Waals surface area contributed by atoms with Crippen molar-refractivity contribution in [2.45, 2.75) is 31.0 Å². The zero-order valence-electron chi connectivity index (χ0n) is 17.7. The Bertz CT molecular complexity index is 1180. The third kappa shape index (κ3) is 6.45. The van der Waals surface area contributed by atoms with Gasteiger partial charge < -0.3 is 10.4 Å². The zero-order valence-corrected chi connectivity index (χ0v) is 19.3. The van der Waals surface area contributed by atoms with Crippen LogP contribution in [0.25, 0.3) is 0 Å². The first-order chi connectivity index (χ1) is 15.1. The molecule has 0 saturated carbocycles. The molecule has 2 rings (SSSR count). The number of aromatic nitrogens is 2. The molecule has 182 valence electrons. The smallest absolute Gasteiger partial charge is 0.435 e. The van der Waals surface area contributed by atoms with Crippen LogP contribution in [0.4, 0.5) is 22.4 Å². The van der Waals surface area contributed by atoms with E-state index in [2.05, 4.69) is 5.10 Å². The molecule has 1 aromatic heterocycles. The molecule has 0 saturated heterocycles. The lowest BCUT2D eigenvalue weighted by Crippen LogP contribution is -2.22. The summed E-state index contributed by atoms with van der Waals surface area (Å²) in [5.41, 5.74) is -1.10. The van der Waals surface area contributed by atoms with E-state index in [0.29, 0.717) is 5.56 Å². The van der Waals surface area contributed by atoms with Crippen LogP contribution in [0.15, 0.2) is 35.0 Å². The molecule has 1 heterocycles. The minimum absolute atomic E-state index is 0.0400. The van der Waals surface area contributed by atoms with E-state index >= 15 is 0 Å². The number of allylic oxidation sites excluding steroid dienone is 1. The van der Waals surface area contributed by atoms with Crippen molar-refractivity contribution >= 4 is 27.7 Å². The summed E-state index contributed by atoms with van der Waals surface area (Å²) in [6, 6.07) is 3.81. The van der Waals surface area contributed by atoms with Crippen LogP contribution in [0.1, 0.15) is 22.5 Å². The van der Waals surface area contributed by atoms with E-state index in [1.165, 1.54) is 39.2 Å². The lowest BCUT2D eigenvalue weighted by Gasteiger charge is -2.14. The van der Waals surface area contributed by atoms with Gasteiger partial charge in [-0.05, 0) is 30.7 Å². The number of amides is 1. The summed E-state index contributed by atoms with van der Waals surface area (Å²) in [4.78, 5) is 10.2. The number of alkyl halides is 3. The summed E-state index contributed by atoms with van der Waals surface area (Å²) >= 11 is 6.08. The van der Waals surface area contributed by atoms with E-state index in [1.54, 1.807) is 0 Å². The molecule has 2 aromatic rings. The summed E-state index contributed by atoms with van der Waals surface area (Å²) in [6.45, 7) is 0.352. The van der Waals surface area contributed by atoms with Gasteiger partial charge in [0, 0.05) is 38.3 Å². The third-order valence-electron chi connectivity index (χ3n) is 4.61. The Balaban J connectivity index is 2.40. The Labute approximate surface area is 192 Å². The van der Waals surface area contributed by atoms with Crippen LogP contribution in [0, 0.1) is 6.92 Å². The first-order valence-corrected chi connectivity index (χ1v) is 11.1. The fraction of sp³-hybridized carbons (Fsp3) is 0.368. The monoisotopic (exact) mass is 512 g/mol. The molecule has 33 heavy (non-hydrogen) atoms. The zero-order chi connectivity index (χ0) is 25.1. The third-order valence-corrected chi connectivity index (χ3v) is 6.91. The second kappa shape index (κ2) is 10.1. The molecule has 0 radical (unpaired) electrons. The average molecular weight is 513 g/mol. The molecule has 2 N–H and O–H groups in total. The molecule has 0 fully saturated rings. The fourth-order valence-corrected chi connectivity index (χ4v) is 4.33. The maximum Gasteiger partial charge on any atom is 0.435 e. The Morgan fingerprint density at radius 3 is 2.48 bits per heavy atom. The van der Waals surface area contributed by atoms with Gasteiger partial charge in [0.25, 0.3) is 0 Å². The predicted molar refractivity (Wildman–Crippen MR) is 112 cm³/mol. The van der Waals surface area contributed by atoms with Crippen molar-refractivity contribution in [3.8, 4) is 0 Å². The predicted octanol–water partition coefficient (Wildman–Crippen LogP) is 3.83. The number of nitrogens with zero attached hydrogens (tertiary/aromatic N) is 3. The minimum Gasteiger partial charge on any atom is -0.465 e. The molecule has 1 amide bonds. The highest BCUT2D eigenvalue weighted by Crippen LogP contribution is 2.35. The topological polar surface area (TPSA) is 105 Å². The molecule has 8 nitrogen and oxygen atoms in total. The van der Waals surface area contributed by atoms with Gasteiger partial charge in [-0.15, -0.1) is 0 Å². The summed E-state index contributed by atoms with van der Waals surface area (Å²) < 4.78 is 81.2. The Morgan fingerprint density at radius 1 is 1.33 bits per heavy atom. The van der Waals surface area contributed by atoms with Gasteiger partial charge in [0.2, 0.25) is 10.0 Å². The Morgan fingerprint density at radius 2 is 1.97 bits per heavy atom. The van der Waals surface area contributed by atoms with Crippen molar-refractivity contribution in [2.24, 2.45) is 0 Å². The van der Waals surface area contributed by atoms with Crippen molar-refractivity contribution in [3.05, 3.63) is 57.6 Å². The van der Waals surface area contributed by atoms with Crippen molar-refractivity contribution in [3.63, 3.8) is 0 Å². The maximum atomic E-state index is 14.1. The SMILES string of the molecule is Cc1c(Cc2ccc(S(=O)(=O)N(C)C)c(Cl)c2)c(C(F)(F)F)nn1CC(F)=CCNC(=O)O. The molecule has 14 heteroatoms. The van der Waals surface area contributed by atoms with Crippen molar-refractivity contribution in [2.75, 3.05) is 20.6 Å². The van der Waals surface area contributed by atoms with Crippen LogP contribution in [0.5, 0.6) is 0 Å². The summed E-state index contributed by atoms with van der Waals surface area (Å²) in [7, 11) is -1.21. The number of sulfonamides is 1. The van der Waals surface area contributed by atoms with Crippen LogP contribution in [0.2, 0.25) is 5.02 Å². The fourth-order valence-electron chi connectivity index (χ4n) is 2.90. The standard InChI is InChI=1S/C19H21ClF4N4O4S/c1-11-14(8-12-4-5-16(15(20)9-12)33(31,32)27(2)3)17(19(22,23)24)26-28(11)10-13(21)6-7-25-18(29)30/h4-6,9,25H,7-8,10H2,1-3H3,(H,29,30). The van der Waals surface area contributed by atoms with Gasteiger partial charge in [0.05, 0.1) is 11.6 Å². The highest BCUT2D eigenvalue weighted by Gasteiger charge is 2.38.